The van der Waals surface area contributed by atoms with Gasteiger partial charge < -0.3 is 19.9 Å². The maximum atomic E-state index is 10.5. The van der Waals surface area contributed by atoms with Gasteiger partial charge in [0.1, 0.15) is 0 Å². The van der Waals surface area contributed by atoms with Crippen molar-refractivity contribution in [1.29, 1.82) is 0 Å². The summed E-state index contributed by atoms with van der Waals surface area (Å²) in [6.07, 6.45) is 0.104. The van der Waals surface area contributed by atoms with Crippen LogP contribution in [0.2, 0.25) is 0 Å². The minimum Gasteiger partial charge on any atom is -0.481 e. The predicted octanol–water partition coefficient (Wildman–Crippen LogP) is 1.37. The molecular weight excluding hydrogens is 222 g/mol. The quantitative estimate of drug-likeness (QED) is 0.809. The van der Waals surface area contributed by atoms with Gasteiger partial charge in [-0.25, -0.2) is 0 Å². The second-order valence-electron chi connectivity index (χ2n) is 4.03. The SMILES string of the molecule is CC(CC(=O)O)NCc1cccc2c1OCO2. The largest absolute Gasteiger partial charge is 0.481 e. The summed E-state index contributed by atoms with van der Waals surface area (Å²) in [5.41, 5.74) is 0.984. The number of fused-ring (bicyclic) bond motifs is 1. The van der Waals surface area contributed by atoms with Gasteiger partial charge in [-0.15, -0.1) is 0 Å². The van der Waals surface area contributed by atoms with E-state index in [1.165, 1.54) is 0 Å². The topological polar surface area (TPSA) is 67.8 Å². The molecule has 0 radical (unpaired) electrons. The molecule has 0 aromatic heterocycles. The van der Waals surface area contributed by atoms with Crippen LogP contribution >= 0.6 is 0 Å². The van der Waals surface area contributed by atoms with E-state index in [1.807, 2.05) is 25.1 Å². The Labute approximate surface area is 99.3 Å². The van der Waals surface area contributed by atoms with Crippen LogP contribution in [-0.2, 0) is 11.3 Å². The number of ether oxygens (including phenoxy) is 2. The van der Waals surface area contributed by atoms with Crippen molar-refractivity contribution in [3.05, 3.63) is 23.8 Å². The number of benzene rings is 1. The lowest BCUT2D eigenvalue weighted by Crippen LogP contribution is -2.28. The molecule has 0 amide bonds. The third-order valence-electron chi connectivity index (χ3n) is 2.60. The molecule has 2 N–H and O–H groups in total. The summed E-state index contributed by atoms with van der Waals surface area (Å²) in [6, 6.07) is 5.61. The van der Waals surface area contributed by atoms with Gasteiger partial charge in [0.15, 0.2) is 11.5 Å². The minimum absolute atomic E-state index is 0.0781. The summed E-state index contributed by atoms with van der Waals surface area (Å²) in [6.45, 7) is 2.66. The van der Waals surface area contributed by atoms with Gasteiger partial charge in [-0.05, 0) is 13.0 Å². The molecule has 0 spiro atoms. The Morgan fingerprint density at radius 1 is 1.53 bits per heavy atom. The molecule has 92 valence electrons. The molecule has 1 unspecified atom stereocenters. The zero-order chi connectivity index (χ0) is 12.3. The minimum atomic E-state index is -0.803. The van der Waals surface area contributed by atoms with Crippen LogP contribution in [-0.4, -0.2) is 23.9 Å². The Balaban J connectivity index is 1.95. The lowest BCUT2D eigenvalue weighted by atomic mass is 10.1. The first-order chi connectivity index (χ1) is 8.16. The van der Waals surface area contributed by atoms with Gasteiger partial charge in [0, 0.05) is 18.2 Å². The van der Waals surface area contributed by atoms with Gasteiger partial charge in [0.2, 0.25) is 6.79 Å². The monoisotopic (exact) mass is 237 g/mol. The van der Waals surface area contributed by atoms with Crippen molar-refractivity contribution in [3.63, 3.8) is 0 Å². The van der Waals surface area contributed by atoms with Crippen molar-refractivity contribution >= 4 is 5.97 Å². The average Bonchev–Trinajstić information content (AvgIpc) is 2.73. The van der Waals surface area contributed by atoms with Crippen LogP contribution in [0.1, 0.15) is 18.9 Å². The fraction of sp³-hybridized carbons (Fsp3) is 0.417. The van der Waals surface area contributed by atoms with Crippen molar-refractivity contribution in [2.75, 3.05) is 6.79 Å². The summed E-state index contributed by atoms with van der Waals surface area (Å²) in [4.78, 5) is 10.5. The molecule has 1 aliphatic rings. The molecule has 1 aromatic rings. The van der Waals surface area contributed by atoms with Crippen LogP contribution < -0.4 is 14.8 Å². The number of hydrogen-bond acceptors (Lipinski definition) is 4. The summed E-state index contributed by atoms with van der Waals surface area (Å²) in [5, 5.41) is 11.8. The van der Waals surface area contributed by atoms with Crippen LogP contribution in [0.15, 0.2) is 18.2 Å². The number of rotatable bonds is 5. The Kier molecular flexibility index (Phi) is 3.49. The highest BCUT2D eigenvalue weighted by Crippen LogP contribution is 2.35. The van der Waals surface area contributed by atoms with E-state index in [9.17, 15) is 4.79 Å². The van der Waals surface area contributed by atoms with Crippen molar-refractivity contribution in [2.45, 2.75) is 25.9 Å². The molecule has 0 aliphatic carbocycles. The number of carboxylic acids is 1. The maximum Gasteiger partial charge on any atom is 0.304 e. The van der Waals surface area contributed by atoms with Gasteiger partial charge in [0.25, 0.3) is 0 Å². The van der Waals surface area contributed by atoms with Crippen molar-refractivity contribution in [1.82, 2.24) is 5.32 Å². The van der Waals surface area contributed by atoms with Gasteiger partial charge in [0.05, 0.1) is 6.42 Å². The third-order valence-corrected chi connectivity index (χ3v) is 2.60. The lowest BCUT2D eigenvalue weighted by molar-refractivity contribution is -0.137. The first kappa shape index (κ1) is 11.7. The Morgan fingerprint density at radius 3 is 3.12 bits per heavy atom. The van der Waals surface area contributed by atoms with E-state index >= 15 is 0 Å². The van der Waals surface area contributed by atoms with E-state index in [2.05, 4.69) is 5.32 Å². The molecule has 5 nitrogen and oxygen atoms in total. The lowest BCUT2D eigenvalue weighted by Gasteiger charge is -2.12. The molecule has 1 aliphatic heterocycles. The molecule has 0 bridgehead atoms. The number of aliphatic carboxylic acids is 1. The number of carbonyl (C=O) groups is 1. The van der Waals surface area contributed by atoms with Gasteiger partial charge >= 0.3 is 5.97 Å². The first-order valence-electron chi connectivity index (χ1n) is 5.49. The molecular formula is C12H15NO4. The van der Waals surface area contributed by atoms with Crippen LogP contribution in [0.5, 0.6) is 11.5 Å². The molecule has 5 heteroatoms. The van der Waals surface area contributed by atoms with Crippen molar-refractivity contribution < 1.29 is 19.4 Å². The second-order valence-corrected chi connectivity index (χ2v) is 4.03. The van der Waals surface area contributed by atoms with Crippen LogP contribution in [0.3, 0.4) is 0 Å². The fourth-order valence-corrected chi connectivity index (χ4v) is 1.75. The molecule has 1 atom stereocenters. The predicted molar refractivity (Wildman–Crippen MR) is 61.1 cm³/mol. The number of hydrogen-bond donors (Lipinski definition) is 2. The number of carboxylic acid groups (broad SMARTS) is 1. The van der Waals surface area contributed by atoms with E-state index in [0.29, 0.717) is 6.54 Å². The standard InChI is InChI=1S/C12H15NO4/c1-8(5-11(14)15)13-6-9-3-2-4-10-12(9)17-7-16-10/h2-4,8,13H,5-7H2,1H3,(H,14,15). The summed E-state index contributed by atoms with van der Waals surface area (Å²) >= 11 is 0. The maximum absolute atomic E-state index is 10.5. The van der Waals surface area contributed by atoms with E-state index in [4.69, 9.17) is 14.6 Å². The second kappa shape index (κ2) is 5.05. The molecule has 1 aromatic carbocycles. The van der Waals surface area contributed by atoms with Crippen LogP contribution in [0, 0.1) is 0 Å². The van der Waals surface area contributed by atoms with Gasteiger partial charge in [-0.2, -0.15) is 0 Å². The zero-order valence-electron chi connectivity index (χ0n) is 9.60. The van der Waals surface area contributed by atoms with Gasteiger partial charge in [-0.1, -0.05) is 12.1 Å². The first-order valence-corrected chi connectivity index (χ1v) is 5.49. The fourth-order valence-electron chi connectivity index (χ4n) is 1.75. The van der Waals surface area contributed by atoms with Crippen molar-refractivity contribution in [2.24, 2.45) is 0 Å². The number of nitrogens with one attached hydrogen (secondary N) is 1. The van der Waals surface area contributed by atoms with E-state index in [-0.39, 0.29) is 19.3 Å². The zero-order valence-corrected chi connectivity index (χ0v) is 9.60. The van der Waals surface area contributed by atoms with E-state index in [1.54, 1.807) is 0 Å². The normalized spacial score (nSPS) is 14.6. The van der Waals surface area contributed by atoms with Crippen LogP contribution in [0.25, 0.3) is 0 Å². The summed E-state index contributed by atoms with van der Waals surface area (Å²) in [5.74, 6) is 0.695. The van der Waals surface area contributed by atoms with E-state index in [0.717, 1.165) is 17.1 Å². The summed E-state index contributed by atoms with van der Waals surface area (Å²) < 4.78 is 10.6. The number of para-hydroxylation sites is 1. The van der Waals surface area contributed by atoms with Crippen LogP contribution in [0.4, 0.5) is 0 Å². The molecule has 17 heavy (non-hydrogen) atoms. The highest BCUT2D eigenvalue weighted by Gasteiger charge is 2.17. The van der Waals surface area contributed by atoms with Crippen molar-refractivity contribution in [3.8, 4) is 11.5 Å². The smallest absolute Gasteiger partial charge is 0.304 e. The Morgan fingerprint density at radius 2 is 2.35 bits per heavy atom. The molecule has 0 fully saturated rings. The van der Waals surface area contributed by atoms with E-state index < -0.39 is 5.97 Å². The third kappa shape index (κ3) is 2.88. The molecule has 0 saturated heterocycles. The highest BCUT2D eigenvalue weighted by atomic mass is 16.7. The summed E-state index contributed by atoms with van der Waals surface area (Å²) in [7, 11) is 0. The Hall–Kier alpha value is -1.75. The Bertz CT molecular complexity index is 419. The van der Waals surface area contributed by atoms with Gasteiger partial charge in [-0.3, -0.25) is 4.79 Å². The molecule has 2 rings (SSSR count). The molecule has 0 saturated carbocycles. The molecule has 1 heterocycles. The average molecular weight is 237 g/mol. The highest BCUT2D eigenvalue weighted by molar-refractivity contribution is 5.67.